The van der Waals surface area contributed by atoms with E-state index in [4.69, 9.17) is 5.73 Å². The molecule has 0 aliphatic carbocycles. The van der Waals surface area contributed by atoms with Gasteiger partial charge in [-0.1, -0.05) is 57.0 Å². The van der Waals surface area contributed by atoms with Crippen molar-refractivity contribution in [2.24, 2.45) is 11.7 Å². The summed E-state index contributed by atoms with van der Waals surface area (Å²) in [6.45, 7) is 7.54. The number of rotatable bonds is 9. The summed E-state index contributed by atoms with van der Waals surface area (Å²) in [5.74, 6) is 0.600. The van der Waals surface area contributed by atoms with E-state index in [0.29, 0.717) is 24.9 Å². The maximum Gasteiger partial charge on any atom is 0.237 e. The van der Waals surface area contributed by atoms with Crippen molar-refractivity contribution in [3.8, 4) is 0 Å². The van der Waals surface area contributed by atoms with Crippen LogP contribution in [0.25, 0.3) is 0 Å². The van der Waals surface area contributed by atoms with Crippen LogP contribution in [0.3, 0.4) is 0 Å². The lowest BCUT2D eigenvalue weighted by Gasteiger charge is -2.34. The molecule has 1 amide bonds. The van der Waals surface area contributed by atoms with Gasteiger partial charge < -0.3 is 11.1 Å². The highest BCUT2D eigenvalue weighted by molar-refractivity contribution is 5.85. The monoisotopic (exact) mass is 403 g/mol. The number of nitrogens with two attached hydrogens (primary N) is 1. The molecule has 1 aromatic carbocycles. The third-order valence-electron chi connectivity index (χ3n) is 5.32. The van der Waals surface area contributed by atoms with Gasteiger partial charge in [-0.15, -0.1) is 24.8 Å². The minimum Gasteiger partial charge on any atom is -0.353 e. The summed E-state index contributed by atoms with van der Waals surface area (Å²) in [4.78, 5) is 15.0. The van der Waals surface area contributed by atoms with Gasteiger partial charge in [0, 0.05) is 12.6 Å². The summed E-state index contributed by atoms with van der Waals surface area (Å²) in [5, 5.41) is 3.12. The number of likely N-dealkylation sites (tertiary alicyclic amines) is 1. The Bertz CT molecular complexity index is 489. The molecule has 26 heavy (non-hydrogen) atoms. The van der Waals surface area contributed by atoms with Crippen LogP contribution in [0.15, 0.2) is 30.3 Å². The third kappa shape index (κ3) is 7.43. The van der Waals surface area contributed by atoms with Gasteiger partial charge in [-0.2, -0.15) is 0 Å². The van der Waals surface area contributed by atoms with Crippen LogP contribution >= 0.6 is 24.8 Å². The average molecular weight is 404 g/mol. The first-order valence-electron chi connectivity index (χ1n) is 9.47. The first-order valence-corrected chi connectivity index (χ1v) is 9.47. The van der Waals surface area contributed by atoms with E-state index in [0.717, 1.165) is 31.5 Å². The Morgan fingerprint density at radius 1 is 1.12 bits per heavy atom. The van der Waals surface area contributed by atoms with Crippen molar-refractivity contribution >= 4 is 30.7 Å². The molecule has 150 valence electrons. The van der Waals surface area contributed by atoms with Crippen LogP contribution < -0.4 is 11.1 Å². The van der Waals surface area contributed by atoms with E-state index in [1.165, 1.54) is 12.8 Å². The molecule has 2 rings (SSSR count). The largest absolute Gasteiger partial charge is 0.353 e. The van der Waals surface area contributed by atoms with Crippen LogP contribution in [0.4, 0.5) is 0 Å². The van der Waals surface area contributed by atoms with E-state index in [1.54, 1.807) is 0 Å². The number of hydrogen-bond donors (Lipinski definition) is 2. The van der Waals surface area contributed by atoms with Crippen molar-refractivity contribution in [1.82, 2.24) is 10.2 Å². The molecule has 3 N–H and O–H groups in total. The Morgan fingerprint density at radius 3 is 2.23 bits per heavy atom. The average Bonchev–Trinajstić information content (AvgIpc) is 3.13. The molecule has 1 heterocycles. The standard InChI is InChI=1S/C20H33N3O.2ClH/c1-3-17(4-2)19(23-12-8-9-13-23)15-22-20(24)18(21)14-16-10-6-5-7-11-16;;/h5-7,10-11,17-19H,3-4,8-9,12-15,21H2,1-2H3,(H,22,24);2*1H. The lowest BCUT2D eigenvalue weighted by atomic mass is 9.92. The number of benzene rings is 1. The minimum atomic E-state index is -0.478. The molecule has 1 aromatic rings. The first-order chi connectivity index (χ1) is 11.7. The Labute approximate surface area is 171 Å². The molecule has 0 aromatic heterocycles. The number of hydrogen-bond acceptors (Lipinski definition) is 3. The SMILES string of the molecule is CCC(CC)C(CNC(=O)C(N)Cc1ccccc1)N1CCCC1.Cl.Cl. The second-order valence-electron chi connectivity index (χ2n) is 6.93. The van der Waals surface area contributed by atoms with Gasteiger partial charge in [0.2, 0.25) is 5.91 Å². The second kappa shape index (κ2) is 13.4. The Morgan fingerprint density at radius 2 is 1.69 bits per heavy atom. The van der Waals surface area contributed by atoms with Gasteiger partial charge in [-0.05, 0) is 43.8 Å². The second-order valence-corrected chi connectivity index (χ2v) is 6.93. The Balaban J connectivity index is 0.00000312. The van der Waals surface area contributed by atoms with Crippen molar-refractivity contribution in [2.75, 3.05) is 19.6 Å². The highest BCUT2D eigenvalue weighted by Crippen LogP contribution is 2.22. The van der Waals surface area contributed by atoms with E-state index in [-0.39, 0.29) is 30.7 Å². The summed E-state index contributed by atoms with van der Waals surface area (Å²) in [6, 6.07) is 9.94. The number of carbonyl (C=O) groups excluding carboxylic acids is 1. The molecule has 0 spiro atoms. The van der Waals surface area contributed by atoms with Crippen molar-refractivity contribution in [3.63, 3.8) is 0 Å². The van der Waals surface area contributed by atoms with Crippen LogP contribution in [0.1, 0.15) is 45.1 Å². The van der Waals surface area contributed by atoms with Gasteiger partial charge >= 0.3 is 0 Å². The zero-order chi connectivity index (χ0) is 17.4. The Kier molecular flexibility index (Phi) is 13.0. The number of halogens is 2. The van der Waals surface area contributed by atoms with Gasteiger partial charge in [0.15, 0.2) is 0 Å². The van der Waals surface area contributed by atoms with Gasteiger partial charge in [-0.3, -0.25) is 9.69 Å². The molecule has 1 aliphatic rings. The highest BCUT2D eigenvalue weighted by atomic mass is 35.5. The number of amides is 1. The summed E-state index contributed by atoms with van der Waals surface area (Å²) < 4.78 is 0. The molecule has 0 bridgehead atoms. The van der Waals surface area contributed by atoms with Crippen LogP contribution in [0.5, 0.6) is 0 Å². The molecule has 6 heteroatoms. The molecular formula is C20H35Cl2N3O. The van der Waals surface area contributed by atoms with Crippen molar-refractivity contribution in [1.29, 1.82) is 0 Å². The number of carbonyl (C=O) groups is 1. The minimum absolute atomic E-state index is 0. The quantitative estimate of drug-likeness (QED) is 0.663. The molecule has 1 aliphatic heterocycles. The van der Waals surface area contributed by atoms with Gasteiger partial charge in [0.05, 0.1) is 6.04 Å². The van der Waals surface area contributed by atoms with E-state index in [2.05, 4.69) is 24.1 Å². The number of nitrogens with zero attached hydrogens (tertiary/aromatic N) is 1. The molecule has 1 fully saturated rings. The van der Waals surface area contributed by atoms with Gasteiger partial charge in [0.25, 0.3) is 0 Å². The van der Waals surface area contributed by atoms with Crippen LogP contribution in [0, 0.1) is 5.92 Å². The zero-order valence-corrected chi connectivity index (χ0v) is 17.7. The van der Waals surface area contributed by atoms with Crippen molar-refractivity contribution < 1.29 is 4.79 Å². The summed E-state index contributed by atoms with van der Waals surface area (Å²) >= 11 is 0. The highest BCUT2D eigenvalue weighted by Gasteiger charge is 2.28. The normalized spacial score (nSPS) is 16.5. The lowest BCUT2D eigenvalue weighted by Crippen LogP contribution is -2.50. The van der Waals surface area contributed by atoms with E-state index >= 15 is 0 Å². The maximum atomic E-state index is 12.4. The van der Waals surface area contributed by atoms with E-state index in [1.807, 2.05) is 30.3 Å². The number of nitrogens with one attached hydrogen (secondary N) is 1. The smallest absolute Gasteiger partial charge is 0.237 e. The lowest BCUT2D eigenvalue weighted by molar-refractivity contribution is -0.122. The van der Waals surface area contributed by atoms with Crippen LogP contribution in [-0.2, 0) is 11.2 Å². The topological polar surface area (TPSA) is 58.4 Å². The summed E-state index contributed by atoms with van der Waals surface area (Å²) in [7, 11) is 0. The fourth-order valence-corrected chi connectivity index (χ4v) is 3.80. The maximum absolute atomic E-state index is 12.4. The van der Waals surface area contributed by atoms with E-state index < -0.39 is 6.04 Å². The predicted octanol–water partition coefficient (Wildman–Crippen LogP) is 3.42. The Hall–Kier alpha value is -0.810. The predicted molar refractivity (Wildman–Crippen MR) is 114 cm³/mol. The zero-order valence-electron chi connectivity index (χ0n) is 16.0. The molecule has 2 unspecified atom stereocenters. The summed E-state index contributed by atoms with van der Waals surface area (Å²) in [5.41, 5.74) is 7.21. The van der Waals surface area contributed by atoms with Crippen molar-refractivity contribution in [3.05, 3.63) is 35.9 Å². The molecule has 2 atom stereocenters. The fourth-order valence-electron chi connectivity index (χ4n) is 3.80. The summed E-state index contributed by atoms with van der Waals surface area (Å²) in [6.07, 6.45) is 5.45. The molecule has 0 saturated carbocycles. The molecular weight excluding hydrogens is 369 g/mol. The fraction of sp³-hybridized carbons (Fsp3) is 0.650. The van der Waals surface area contributed by atoms with Crippen LogP contribution in [-0.4, -0.2) is 42.5 Å². The van der Waals surface area contributed by atoms with Crippen LogP contribution in [0.2, 0.25) is 0 Å². The van der Waals surface area contributed by atoms with E-state index in [9.17, 15) is 4.79 Å². The molecule has 1 saturated heterocycles. The third-order valence-corrected chi connectivity index (χ3v) is 5.32. The molecule has 4 nitrogen and oxygen atoms in total. The van der Waals surface area contributed by atoms with Gasteiger partial charge in [0.1, 0.15) is 0 Å². The van der Waals surface area contributed by atoms with Gasteiger partial charge in [-0.25, -0.2) is 0 Å². The first kappa shape index (κ1) is 25.2. The van der Waals surface area contributed by atoms with Crippen molar-refractivity contribution in [2.45, 2.75) is 58.0 Å². The molecule has 0 radical (unpaired) electrons.